The summed E-state index contributed by atoms with van der Waals surface area (Å²) in [6.45, 7) is 0.208. The van der Waals surface area contributed by atoms with Gasteiger partial charge in [-0.25, -0.2) is 0 Å². The Morgan fingerprint density at radius 3 is 2.62 bits per heavy atom. The van der Waals surface area contributed by atoms with Gasteiger partial charge in [-0.1, -0.05) is 0 Å². The molecule has 1 unspecified atom stereocenters. The van der Waals surface area contributed by atoms with E-state index in [9.17, 15) is 19.5 Å². The number of fused-ring (bicyclic) bond motifs is 2. The van der Waals surface area contributed by atoms with Crippen LogP contribution in [-0.2, 0) is 11.3 Å². The predicted molar refractivity (Wildman–Crippen MR) is 74.8 cm³/mol. The highest BCUT2D eigenvalue weighted by Gasteiger charge is 2.42. The lowest BCUT2D eigenvalue weighted by molar-refractivity contribution is -0.137. The minimum atomic E-state index is -0.675. The van der Waals surface area contributed by atoms with Gasteiger partial charge < -0.3 is 19.6 Å². The van der Waals surface area contributed by atoms with Crippen molar-refractivity contribution >= 4 is 5.91 Å². The monoisotopic (exact) mass is 293 g/mol. The Bertz CT molecular complexity index is 636. The molecule has 114 valence electrons. The van der Waals surface area contributed by atoms with E-state index in [0.29, 0.717) is 12.8 Å². The minimum Gasteiger partial charge on any atom is -0.393 e. The van der Waals surface area contributed by atoms with E-state index in [0.717, 1.165) is 12.8 Å². The second kappa shape index (κ2) is 5.48. The van der Waals surface area contributed by atoms with Crippen molar-refractivity contribution < 1.29 is 9.90 Å². The highest BCUT2D eigenvalue weighted by Crippen LogP contribution is 2.36. The van der Waals surface area contributed by atoms with Crippen LogP contribution < -0.4 is 11.1 Å². The van der Waals surface area contributed by atoms with Crippen LogP contribution in [0.2, 0.25) is 0 Å². The molecule has 2 bridgehead atoms. The first-order valence-corrected chi connectivity index (χ1v) is 7.33. The first kappa shape index (κ1) is 14.1. The van der Waals surface area contributed by atoms with Crippen LogP contribution in [0.5, 0.6) is 0 Å². The van der Waals surface area contributed by atoms with Crippen LogP contribution in [0.3, 0.4) is 0 Å². The Morgan fingerprint density at radius 2 is 1.95 bits per heavy atom. The zero-order chi connectivity index (χ0) is 15.0. The molecule has 2 N–H and O–H groups in total. The van der Waals surface area contributed by atoms with Gasteiger partial charge in [-0.3, -0.25) is 14.4 Å². The molecule has 1 aromatic rings. The number of aliphatic hydroxyl groups excluding tert-OH is 1. The van der Waals surface area contributed by atoms with Crippen molar-refractivity contribution in [3.63, 3.8) is 0 Å². The first-order valence-electron chi connectivity index (χ1n) is 7.33. The number of aryl methyl sites for hydroxylation is 1. The molecule has 3 rings (SSSR count). The van der Waals surface area contributed by atoms with Crippen molar-refractivity contribution in [3.05, 3.63) is 33.1 Å². The lowest BCUT2D eigenvalue weighted by Crippen LogP contribution is -2.48. The van der Waals surface area contributed by atoms with Crippen LogP contribution in [0.1, 0.15) is 32.1 Å². The highest BCUT2D eigenvalue weighted by atomic mass is 16.3. The molecule has 1 amide bonds. The van der Waals surface area contributed by atoms with E-state index in [4.69, 9.17) is 0 Å². The van der Waals surface area contributed by atoms with Crippen molar-refractivity contribution in [1.82, 2.24) is 14.5 Å². The Kier molecular flexibility index (Phi) is 3.67. The second-order valence-electron chi connectivity index (χ2n) is 5.85. The predicted octanol–water partition coefficient (Wildman–Crippen LogP) is -0.559. The molecule has 2 saturated heterocycles. The molecule has 0 aromatic carbocycles. The molecule has 0 spiro atoms. The number of aliphatic hydroxyl groups is 1. The summed E-state index contributed by atoms with van der Waals surface area (Å²) in [5.74, 6) is 0.00146. The van der Waals surface area contributed by atoms with Crippen LogP contribution in [0.15, 0.2) is 22.0 Å². The fourth-order valence-corrected chi connectivity index (χ4v) is 3.54. The number of nitrogens with zero attached hydrogens (tertiary/aromatic N) is 2. The number of piperidine rings is 1. The molecule has 7 nitrogen and oxygen atoms in total. The summed E-state index contributed by atoms with van der Waals surface area (Å²) in [4.78, 5) is 39.4. The van der Waals surface area contributed by atoms with Crippen LogP contribution in [0.25, 0.3) is 0 Å². The van der Waals surface area contributed by atoms with Gasteiger partial charge in [0.25, 0.3) is 0 Å². The van der Waals surface area contributed by atoms with Crippen molar-refractivity contribution in [2.75, 3.05) is 0 Å². The number of nitrogens with one attached hydrogen (secondary N) is 1. The molecule has 21 heavy (non-hydrogen) atoms. The average Bonchev–Trinajstić information content (AvgIpc) is 2.72. The largest absolute Gasteiger partial charge is 0.393 e. The van der Waals surface area contributed by atoms with Crippen LogP contribution in [-0.4, -0.2) is 43.7 Å². The summed E-state index contributed by atoms with van der Waals surface area (Å²) in [5.41, 5.74) is -1.31. The number of carbonyl (C=O) groups excluding carboxylic acids is 1. The van der Waals surface area contributed by atoms with Gasteiger partial charge in [0, 0.05) is 37.4 Å². The molecule has 3 heterocycles. The molecule has 0 aliphatic carbocycles. The summed E-state index contributed by atoms with van der Waals surface area (Å²) in [7, 11) is 0. The smallest absolute Gasteiger partial charge is 0.316 e. The van der Waals surface area contributed by atoms with Crippen LogP contribution >= 0.6 is 0 Å². The van der Waals surface area contributed by atoms with E-state index in [-0.39, 0.29) is 37.1 Å². The van der Waals surface area contributed by atoms with Gasteiger partial charge in [-0.2, -0.15) is 0 Å². The van der Waals surface area contributed by atoms with Crippen molar-refractivity contribution in [2.24, 2.45) is 0 Å². The third kappa shape index (κ3) is 2.65. The quantitative estimate of drug-likeness (QED) is 0.730. The molecule has 0 saturated carbocycles. The van der Waals surface area contributed by atoms with E-state index in [1.165, 1.54) is 17.0 Å². The Morgan fingerprint density at radius 1 is 1.29 bits per heavy atom. The summed E-state index contributed by atoms with van der Waals surface area (Å²) in [6, 6.07) is 0.254. The molecule has 2 fully saturated rings. The molecule has 2 aliphatic rings. The number of aromatic nitrogens is 2. The SMILES string of the molecule is O=C(CCn1cc[nH]c(=O)c1=O)N1[C@@H]2CC[C@H]1CC(O)C2. The summed E-state index contributed by atoms with van der Waals surface area (Å²) in [6.07, 6.45) is 5.95. The number of hydrogen-bond donors (Lipinski definition) is 2. The average molecular weight is 293 g/mol. The minimum absolute atomic E-state index is 0.00146. The van der Waals surface area contributed by atoms with Gasteiger partial charge in [0.05, 0.1) is 6.10 Å². The summed E-state index contributed by atoms with van der Waals surface area (Å²) >= 11 is 0. The Labute approximate surface area is 121 Å². The zero-order valence-electron chi connectivity index (χ0n) is 11.7. The maximum Gasteiger partial charge on any atom is 0.316 e. The third-order valence-electron chi connectivity index (χ3n) is 4.49. The van der Waals surface area contributed by atoms with Gasteiger partial charge in [-0.05, 0) is 25.7 Å². The number of amides is 1. The summed E-state index contributed by atoms with van der Waals surface area (Å²) in [5, 5.41) is 9.74. The Balaban J connectivity index is 1.66. The fourth-order valence-electron chi connectivity index (χ4n) is 3.54. The normalized spacial score (nSPS) is 27.9. The van der Waals surface area contributed by atoms with E-state index in [1.54, 1.807) is 0 Å². The van der Waals surface area contributed by atoms with Crippen LogP contribution in [0.4, 0.5) is 0 Å². The number of carbonyl (C=O) groups is 1. The number of H-pyrrole nitrogens is 1. The van der Waals surface area contributed by atoms with E-state index >= 15 is 0 Å². The maximum atomic E-state index is 12.4. The van der Waals surface area contributed by atoms with Crippen molar-refractivity contribution in [3.8, 4) is 0 Å². The molecular weight excluding hydrogens is 274 g/mol. The Hall–Kier alpha value is -1.89. The number of hydrogen-bond acceptors (Lipinski definition) is 4. The van der Waals surface area contributed by atoms with E-state index in [1.807, 2.05) is 4.90 Å². The topological polar surface area (TPSA) is 95.4 Å². The maximum absolute atomic E-state index is 12.4. The van der Waals surface area contributed by atoms with E-state index in [2.05, 4.69) is 4.98 Å². The summed E-state index contributed by atoms with van der Waals surface area (Å²) < 4.78 is 1.26. The first-order chi connectivity index (χ1) is 10.1. The third-order valence-corrected chi connectivity index (χ3v) is 4.49. The number of rotatable bonds is 3. The number of aromatic amines is 1. The molecule has 0 radical (unpaired) electrons. The fraction of sp³-hybridized carbons (Fsp3) is 0.643. The van der Waals surface area contributed by atoms with Crippen molar-refractivity contribution in [2.45, 2.75) is 56.8 Å². The molecule has 1 aromatic heterocycles. The van der Waals surface area contributed by atoms with Gasteiger partial charge in [-0.15, -0.1) is 0 Å². The zero-order valence-corrected chi connectivity index (χ0v) is 11.7. The van der Waals surface area contributed by atoms with Crippen molar-refractivity contribution in [1.29, 1.82) is 0 Å². The van der Waals surface area contributed by atoms with Gasteiger partial charge in [0.1, 0.15) is 0 Å². The van der Waals surface area contributed by atoms with Gasteiger partial charge in [0.2, 0.25) is 5.91 Å². The molecule has 2 aliphatic heterocycles. The van der Waals surface area contributed by atoms with E-state index < -0.39 is 11.1 Å². The standard InChI is InChI=1S/C14H19N3O4/c18-11-7-9-1-2-10(8-11)17(9)12(19)3-5-16-6-4-15-13(20)14(16)21/h4,6,9-11,18H,1-3,5,7-8H2,(H,15,20)/t9-,10+,11?. The molecule has 7 heteroatoms. The van der Waals surface area contributed by atoms with Gasteiger partial charge in [0.15, 0.2) is 0 Å². The second-order valence-corrected chi connectivity index (χ2v) is 5.85. The lowest BCUT2D eigenvalue weighted by Gasteiger charge is -2.37. The highest BCUT2D eigenvalue weighted by molar-refractivity contribution is 5.77. The molecule has 3 atom stereocenters. The van der Waals surface area contributed by atoms with Crippen LogP contribution in [0, 0.1) is 0 Å². The lowest BCUT2D eigenvalue weighted by atomic mass is 9.99. The molecular formula is C14H19N3O4. The van der Waals surface area contributed by atoms with Gasteiger partial charge >= 0.3 is 11.1 Å².